The lowest BCUT2D eigenvalue weighted by molar-refractivity contribution is -0.207. The first-order chi connectivity index (χ1) is 18.8. The van der Waals surface area contributed by atoms with Crippen LogP contribution in [0.25, 0.3) is 0 Å². The first-order valence-electron chi connectivity index (χ1n) is 14.2. The fourth-order valence-electron chi connectivity index (χ4n) is 8.31. The van der Waals surface area contributed by atoms with Crippen molar-refractivity contribution in [3.63, 3.8) is 0 Å². The summed E-state index contributed by atoms with van der Waals surface area (Å²) in [5.74, 6) is -1.82. The van der Waals surface area contributed by atoms with E-state index in [0.29, 0.717) is 18.4 Å². The molecular weight excluding hydrogens is 514 g/mol. The molecule has 1 heterocycles. The quantitative estimate of drug-likeness (QED) is 0.327. The zero-order chi connectivity index (χ0) is 29.2. The lowest BCUT2D eigenvalue weighted by Crippen LogP contribution is -2.63. The summed E-state index contributed by atoms with van der Waals surface area (Å²) in [6, 6.07) is 2.96. The summed E-state index contributed by atoms with van der Waals surface area (Å²) < 4.78 is 27.0. The number of carbonyl (C=O) groups excluding carboxylic acids is 2. The molecule has 1 aromatic carbocycles. The maximum atomic E-state index is 15.3. The molecule has 40 heavy (non-hydrogen) atoms. The van der Waals surface area contributed by atoms with Gasteiger partial charge in [0.1, 0.15) is 11.9 Å². The molecule has 5 rings (SSSR count). The van der Waals surface area contributed by atoms with E-state index < -0.39 is 48.5 Å². The summed E-state index contributed by atoms with van der Waals surface area (Å²) in [4.78, 5) is 28.0. The highest BCUT2D eigenvalue weighted by atomic mass is 19.1. The molecule has 1 aliphatic heterocycles. The zero-order valence-corrected chi connectivity index (χ0v) is 24.0. The molecule has 0 unspecified atom stereocenters. The number of aliphatic hydroxyl groups is 1. The maximum Gasteiger partial charge on any atom is 0.469 e. The van der Waals surface area contributed by atoms with Crippen molar-refractivity contribution in [2.45, 2.75) is 72.0 Å². The molecule has 3 saturated carbocycles. The molecule has 0 saturated heterocycles. The third kappa shape index (κ3) is 4.12. The van der Waals surface area contributed by atoms with Crippen molar-refractivity contribution in [1.82, 2.24) is 4.92 Å². The number of carbonyl (C=O) groups is 2. The topological polar surface area (TPSA) is 109 Å². The van der Waals surface area contributed by atoms with E-state index >= 15 is 4.39 Å². The Kier molecular flexibility index (Phi) is 7.18. The standard InChI is InChI=1S/C30H40BFN2O6/c1-7-28(4)14-22(29(5)17(2)10-12-30(18(3)27(28)37)13-11-20(35)26(29)30)40-23(36)16-39-21-9-8-19-15-33-34(6)31(38)24(19)25(21)32/h7-9,15,17-18,22,26-27,37-38H,1,10-14,16H2,2-6H3/t17-,18+,22-,26+,27+,28-,29+,30+/m1/s1. The average molecular weight is 554 g/mol. The van der Waals surface area contributed by atoms with Crippen molar-refractivity contribution < 1.29 is 33.6 Å². The highest BCUT2D eigenvalue weighted by Gasteiger charge is 2.68. The Morgan fingerprint density at radius 3 is 2.75 bits per heavy atom. The van der Waals surface area contributed by atoms with Crippen LogP contribution in [-0.2, 0) is 14.3 Å². The summed E-state index contributed by atoms with van der Waals surface area (Å²) >= 11 is 0. The first-order valence-corrected chi connectivity index (χ1v) is 14.2. The predicted octanol–water partition coefficient (Wildman–Crippen LogP) is 3.08. The molecule has 3 aliphatic carbocycles. The molecule has 1 aromatic rings. The maximum absolute atomic E-state index is 15.3. The van der Waals surface area contributed by atoms with E-state index in [1.54, 1.807) is 12.1 Å². The number of hydrogen-bond acceptors (Lipinski definition) is 8. The van der Waals surface area contributed by atoms with Crippen LogP contribution in [-0.4, -0.2) is 65.9 Å². The Morgan fingerprint density at radius 2 is 2.05 bits per heavy atom. The van der Waals surface area contributed by atoms with Crippen LogP contribution in [0.15, 0.2) is 29.9 Å². The Hall–Kier alpha value is -2.72. The second kappa shape index (κ2) is 9.98. The molecule has 0 aromatic heterocycles. The van der Waals surface area contributed by atoms with Crippen LogP contribution in [0.3, 0.4) is 0 Å². The van der Waals surface area contributed by atoms with Crippen LogP contribution in [0.1, 0.15) is 65.4 Å². The SMILES string of the molecule is C=C[C@]1(C)C[C@@H](OC(=O)COc2ccc3c(c2F)B(O)N(C)N=C3)[C@]2(C)[C@H](C)CC[C@]3(CCC(=O)[C@H]32)[C@@H](C)[C@@H]1O. The van der Waals surface area contributed by atoms with Crippen molar-refractivity contribution in [3.8, 4) is 5.75 Å². The van der Waals surface area contributed by atoms with Gasteiger partial charge in [-0.3, -0.25) is 4.79 Å². The number of nitrogens with zero attached hydrogens (tertiary/aromatic N) is 2. The van der Waals surface area contributed by atoms with E-state index in [4.69, 9.17) is 9.47 Å². The third-order valence-corrected chi connectivity index (χ3v) is 11.1. The lowest BCUT2D eigenvalue weighted by Gasteiger charge is -2.61. The largest absolute Gasteiger partial charge is 0.479 e. The van der Waals surface area contributed by atoms with Crippen molar-refractivity contribution in [2.75, 3.05) is 13.7 Å². The normalized spacial score (nSPS) is 38.7. The minimum absolute atomic E-state index is 0.0212. The number of ether oxygens (including phenoxy) is 2. The number of hydrogen-bond donors (Lipinski definition) is 2. The smallest absolute Gasteiger partial charge is 0.469 e. The number of esters is 1. The Morgan fingerprint density at radius 1 is 1.32 bits per heavy atom. The summed E-state index contributed by atoms with van der Waals surface area (Å²) in [7, 11) is 0.238. The van der Waals surface area contributed by atoms with Crippen molar-refractivity contribution in [1.29, 1.82) is 0 Å². The number of benzene rings is 1. The molecule has 2 N–H and O–H groups in total. The first kappa shape index (κ1) is 28.8. The average Bonchev–Trinajstić information content (AvgIpc) is 3.28. The number of Topliss-reactive ketones (excluding diaryl/α,β-unsaturated/α-hetero) is 1. The molecule has 10 heteroatoms. The van der Waals surface area contributed by atoms with Gasteiger partial charge in [0.2, 0.25) is 0 Å². The Labute approximate surface area is 235 Å². The van der Waals surface area contributed by atoms with E-state index in [-0.39, 0.29) is 40.2 Å². The van der Waals surface area contributed by atoms with E-state index in [1.165, 1.54) is 24.2 Å². The van der Waals surface area contributed by atoms with Gasteiger partial charge >= 0.3 is 13.0 Å². The van der Waals surface area contributed by atoms with Crippen molar-refractivity contribution in [2.24, 2.45) is 39.1 Å². The summed E-state index contributed by atoms with van der Waals surface area (Å²) in [5.41, 5.74) is -1.32. The van der Waals surface area contributed by atoms with E-state index in [0.717, 1.165) is 19.3 Å². The molecule has 2 bridgehead atoms. The molecule has 0 amide bonds. The number of rotatable bonds is 5. The second-order valence-corrected chi connectivity index (χ2v) is 12.9. The van der Waals surface area contributed by atoms with Gasteiger partial charge in [-0.25, -0.2) is 9.18 Å². The zero-order valence-electron chi connectivity index (χ0n) is 24.0. The van der Waals surface area contributed by atoms with Gasteiger partial charge in [-0.1, -0.05) is 33.8 Å². The van der Waals surface area contributed by atoms with Crippen LogP contribution in [0.5, 0.6) is 5.75 Å². The summed E-state index contributed by atoms with van der Waals surface area (Å²) in [6.45, 7) is 11.7. The van der Waals surface area contributed by atoms with Crippen LogP contribution >= 0.6 is 0 Å². The third-order valence-electron chi connectivity index (χ3n) is 11.1. The predicted molar refractivity (Wildman–Crippen MR) is 149 cm³/mol. The van der Waals surface area contributed by atoms with Crippen molar-refractivity contribution in [3.05, 3.63) is 36.2 Å². The number of halogens is 1. The van der Waals surface area contributed by atoms with Gasteiger partial charge in [0.05, 0.1) is 12.3 Å². The fourth-order valence-corrected chi connectivity index (χ4v) is 8.31. The highest BCUT2D eigenvalue weighted by Crippen LogP contribution is 2.68. The lowest BCUT2D eigenvalue weighted by atomic mass is 9.44. The van der Waals surface area contributed by atoms with Crippen LogP contribution in [0.4, 0.5) is 4.39 Å². The second-order valence-electron chi connectivity index (χ2n) is 12.9. The number of hydrazone groups is 1. The monoisotopic (exact) mass is 554 g/mol. The van der Waals surface area contributed by atoms with Gasteiger partial charge in [-0.15, -0.1) is 6.58 Å². The molecule has 0 radical (unpaired) electrons. The van der Waals surface area contributed by atoms with Crippen LogP contribution in [0.2, 0.25) is 0 Å². The van der Waals surface area contributed by atoms with Gasteiger partial charge in [0, 0.05) is 35.7 Å². The van der Waals surface area contributed by atoms with E-state index in [2.05, 4.69) is 32.5 Å². The molecule has 0 spiro atoms. The van der Waals surface area contributed by atoms with E-state index in [1.807, 2.05) is 6.92 Å². The number of ketones is 1. The van der Waals surface area contributed by atoms with E-state index in [9.17, 15) is 19.7 Å². The van der Waals surface area contributed by atoms with Gasteiger partial charge in [-0.05, 0) is 60.6 Å². The van der Waals surface area contributed by atoms with Crippen LogP contribution in [0, 0.1) is 39.8 Å². The Balaban J connectivity index is 1.44. The minimum Gasteiger partial charge on any atom is -0.479 e. The molecule has 8 atom stereocenters. The van der Waals surface area contributed by atoms with Crippen molar-refractivity contribution >= 4 is 30.5 Å². The summed E-state index contributed by atoms with van der Waals surface area (Å²) in [6.07, 6.45) is 4.95. The van der Waals surface area contributed by atoms with Gasteiger partial charge in [0.15, 0.2) is 18.2 Å². The minimum atomic E-state index is -1.28. The number of fused-ring (bicyclic) bond motifs is 1. The molecular formula is C30H40BFN2O6. The summed E-state index contributed by atoms with van der Waals surface area (Å²) in [5, 5.41) is 26.0. The molecule has 8 nitrogen and oxygen atoms in total. The van der Waals surface area contributed by atoms with Gasteiger partial charge in [-0.2, -0.15) is 5.10 Å². The molecule has 3 fully saturated rings. The highest BCUT2D eigenvalue weighted by molar-refractivity contribution is 6.65. The van der Waals surface area contributed by atoms with Gasteiger partial charge in [0.25, 0.3) is 0 Å². The number of aliphatic hydroxyl groups excluding tert-OH is 1. The fraction of sp³-hybridized carbons (Fsp3) is 0.633. The molecule has 4 aliphatic rings. The molecule has 216 valence electrons. The van der Waals surface area contributed by atoms with Gasteiger partial charge < -0.3 is 24.5 Å². The van der Waals surface area contributed by atoms with Crippen LogP contribution < -0.4 is 10.2 Å². The Bertz CT molecular complexity index is 1260.